The van der Waals surface area contributed by atoms with Gasteiger partial charge in [-0.2, -0.15) is 0 Å². The number of methoxy groups -OCH3 is 1. The molecule has 2 rings (SSSR count). The molecule has 1 aliphatic rings. The van der Waals surface area contributed by atoms with E-state index in [1.165, 1.54) is 19.2 Å². The maximum atomic E-state index is 13.6. The van der Waals surface area contributed by atoms with Crippen molar-refractivity contribution < 1.29 is 13.9 Å². The average molecular weight is 265 g/mol. The second kappa shape index (κ2) is 5.29. The third-order valence-corrected chi connectivity index (χ3v) is 3.60. The van der Waals surface area contributed by atoms with Crippen LogP contribution in [0, 0.1) is 11.2 Å². The number of carbonyl (C=O) groups excluding carboxylic acids is 1. The van der Waals surface area contributed by atoms with Crippen LogP contribution in [0.3, 0.4) is 0 Å². The van der Waals surface area contributed by atoms with E-state index in [1.807, 2.05) is 0 Å². The molecule has 0 unspecified atom stereocenters. The summed E-state index contributed by atoms with van der Waals surface area (Å²) < 4.78 is 18.4. The summed E-state index contributed by atoms with van der Waals surface area (Å²) >= 11 is 0. The zero-order valence-corrected chi connectivity index (χ0v) is 11.7. The van der Waals surface area contributed by atoms with Gasteiger partial charge in [0.25, 0.3) is 0 Å². The molecule has 1 heterocycles. The molecule has 0 aliphatic carbocycles. The second-order valence-corrected chi connectivity index (χ2v) is 5.90. The van der Waals surface area contributed by atoms with Crippen LogP contribution in [0.1, 0.15) is 30.6 Å². The van der Waals surface area contributed by atoms with Crippen LogP contribution in [0.2, 0.25) is 0 Å². The molecule has 0 saturated carbocycles. The fourth-order valence-corrected chi connectivity index (χ4v) is 2.49. The molecule has 0 aromatic heterocycles. The second-order valence-electron chi connectivity index (χ2n) is 5.90. The first-order valence-electron chi connectivity index (χ1n) is 6.50. The number of ketones is 1. The van der Waals surface area contributed by atoms with E-state index >= 15 is 0 Å². The van der Waals surface area contributed by atoms with E-state index in [4.69, 9.17) is 4.74 Å². The highest BCUT2D eigenvalue weighted by Gasteiger charge is 2.30. The highest BCUT2D eigenvalue weighted by atomic mass is 19.1. The summed E-state index contributed by atoms with van der Waals surface area (Å²) in [6, 6.07) is 4.37. The summed E-state index contributed by atoms with van der Waals surface area (Å²) in [7, 11) is 1.41. The minimum absolute atomic E-state index is 0.0424. The third kappa shape index (κ3) is 3.32. The van der Waals surface area contributed by atoms with Crippen molar-refractivity contribution in [3.8, 4) is 5.75 Å². The molecule has 0 spiro atoms. The Kier molecular flexibility index (Phi) is 3.90. The van der Waals surface area contributed by atoms with Crippen molar-refractivity contribution in [3.05, 3.63) is 29.6 Å². The lowest BCUT2D eigenvalue weighted by Gasteiger charge is -2.19. The molecule has 0 bridgehead atoms. The maximum Gasteiger partial charge on any atom is 0.176 e. The molecule has 104 valence electrons. The number of ether oxygens (including phenoxy) is 1. The number of halogens is 1. The summed E-state index contributed by atoms with van der Waals surface area (Å²) in [4.78, 5) is 14.2. The average Bonchev–Trinajstić information content (AvgIpc) is 2.68. The van der Waals surface area contributed by atoms with Gasteiger partial charge in [0.1, 0.15) is 0 Å². The Labute approximate surface area is 113 Å². The number of likely N-dealkylation sites (tertiary alicyclic amines) is 1. The van der Waals surface area contributed by atoms with Crippen molar-refractivity contribution in [2.45, 2.75) is 20.3 Å². The Balaban J connectivity index is 2.02. The van der Waals surface area contributed by atoms with Crippen LogP contribution in [0.5, 0.6) is 5.75 Å². The Morgan fingerprint density at radius 3 is 2.74 bits per heavy atom. The molecular formula is C15H20FNO2. The van der Waals surface area contributed by atoms with Crippen LogP contribution in [-0.2, 0) is 0 Å². The minimum Gasteiger partial charge on any atom is -0.494 e. The molecule has 0 N–H and O–H groups in total. The van der Waals surface area contributed by atoms with Gasteiger partial charge in [-0.15, -0.1) is 0 Å². The molecule has 1 aromatic rings. The molecule has 1 saturated heterocycles. The molecular weight excluding hydrogens is 245 g/mol. The summed E-state index contributed by atoms with van der Waals surface area (Å²) in [6.07, 6.45) is 1.09. The largest absolute Gasteiger partial charge is 0.494 e. The van der Waals surface area contributed by atoms with Crippen LogP contribution in [0.4, 0.5) is 4.39 Å². The fraction of sp³-hybridized carbons (Fsp3) is 0.533. The van der Waals surface area contributed by atoms with Gasteiger partial charge in [-0.25, -0.2) is 4.39 Å². The monoisotopic (exact) mass is 265 g/mol. The summed E-state index contributed by atoms with van der Waals surface area (Å²) in [5.74, 6) is -0.367. The first kappa shape index (κ1) is 14.0. The standard InChI is InChI=1S/C15H20FNO2/c1-15(2)6-7-17(10-15)9-13(18)11-4-5-14(19-3)12(16)8-11/h4-5,8H,6-7,9-10H2,1-3H3. The molecule has 4 heteroatoms. The predicted molar refractivity (Wildman–Crippen MR) is 72.1 cm³/mol. The Bertz CT molecular complexity index is 485. The van der Waals surface area contributed by atoms with Crippen molar-refractivity contribution in [3.63, 3.8) is 0 Å². The normalized spacial score (nSPS) is 18.5. The molecule has 0 radical (unpaired) electrons. The summed E-state index contributed by atoms with van der Waals surface area (Å²) in [5, 5.41) is 0. The Morgan fingerprint density at radius 2 is 2.21 bits per heavy atom. The van der Waals surface area contributed by atoms with Gasteiger partial charge < -0.3 is 4.74 Å². The van der Waals surface area contributed by atoms with Gasteiger partial charge in [-0.3, -0.25) is 9.69 Å². The number of nitrogens with zero attached hydrogens (tertiary/aromatic N) is 1. The van der Waals surface area contributed by atoms with Crippen LogP contribution >= 0.6 is 0 Å². The highest BCUT2D eigenvalue weighted by Crippen LogP contribution is 2.28. The van der Waals surface area contributed by atoms with E-state index in [1.54, 1.807) is 6.07 Å². The zero-order chi connectivity index (χ0) is 14.0. The van der Waals surface area contributed by atoms with E-state index in [9.17, 15) is 9.18 Å². The van der Waals surface area contributed by atoms with E-state index < -0.39 is 5.82 Å². The van der Waals surface area contributed by atoms with Crippen molar-refractivity contribution in [1.82, 2.24) is 4.90 Å². The molecule has 3 nitrogen and oxygen atoms in total. The van der Waals surface area contributed by atoms with E-state index in [0.29, 0.717) is 12.1 Å². The fourth-order valence-electron chi connectivity index (χ4n) is 2.49. The lowest BCUT2D eigenvalue weighted by molar-refractivity contribution is 0.0940. The zero-order valence-electron chi connectivity index (χ0n) is 11.7. The molecule has 1 aliphatic heterocycles. The topological polar surface area (TPSA) is 29.5 Å². The van der Waals surface area contributed by atoms with Crippen LogP contribution < -0.4 is 4.74 Å². The first-order valence-corrected chi connectivity index (χ1v) is 6.50. The van der Waals surface area contributed by atoms with Crippen molar-refractivity contribution in [2.24, 2.45) is 5.41 Å². The van der Waals surface area contributed by atoms with Gasteiger partial charge in [0, 0.05) is 12.1 Å². The van der Waals surface area contributed by atoms with Crippen molar-refractivity contribution in [2.75, 3.05) is 26.7 Å². The number of Topliss-reactive ketones (excluding diaryl/α,β-unsaturated/α-hetero) is 1. The van der Waals surface area contributed by atoms with Crippen LogP contribution in [0.15, 0.2) is 18.2 Å². The van der Waals surface area contributed by atoms with Crippen molar-refractivity contribution in [1.29, 1.82) is 0 Å². The number of hydrogen-bond acceptors (Lipinski definition) is 3. The number of carbonyl (C=O) groups is 1. The molecule has 1 aromatic carbocycles. The molecule has 0 atom stereocenters. The molecule has 1 fully saturated rings. The Morgan fingerprint density at radius 1 is 1.47 bits per heavy atom. The van der Waals surface area contributed by atoms with Crippen LogP contribution in [-0.4, -0.2) is 37.4 Å². The quantitative estimate of drug-likeness (QED) is 0.784. The Hall–Kier alpha value is -1.42. The third-order valence-electron chi connectivity index (χ3n) is 3.60. The number of benzene rings is 1. The predicted octanol–water partition coefficient (Wildman–Crippen LogP) is 2.75. The molecule has 0 amide bonds. The number of rotatable bonds is 4. The highest BCUT2D eigenvalue weighted by molar-refractivity contribution is 5.97. The van der Waals surface area contributed by atoms with Crippen molar-refractivity contribution >= 4 is 5.78 Å². The lowest BCUT2D eigenvalue weighted by atomic mass is 9.93. The maximum absolute atomic E-state index is 13.6. The lowest BCUT2D eigenvalue weighted by Crippen LogP contribution is -2.29. The minimum atomic E-state index is -0.491. The van der Waals surface area contributed by atoms with Gasteiger partial charge in [0.15, 0.2) is 17.3 Å². The van der Waals surface area contributed by atoms with E-state index in [0.717, 1.165) is 19.5 Å². The van der Waals surface area contributed by atoms with Crippen LogP contribution in [0.25, 0.3) is 0 Å². The van der Waals surface area contributed by atoms with Gasteiger partial charge in [0.2, 0.25) is 0 Å². The first-order chi connectivity index (χ1) is 8.91. The summed E-state index contributed by atoms with van der Waals surface area (Å²) in [6.45, 7) is 6.60. The van der Waals surface area contributed by atoms with Gasteiger partial charge in [-0.05, 0) is 36.6 Å². The van der Waals surface area contributed by atoms with Gasteiger partial charge in [-0.1, -0.05) is 13.8 Å². The van der Waals surface area contributed by atoms with E-state index in [-0.39, 0.29) is 16.9 Å². The molecule has 19 heavy (non-hydrogen) atoms. The number of hydrogen-bond donors (Lipinski definition) is 0. The van der Waals surface area contributed by atoms with E-state index in [2.05, 4.69) is 18.7 Å². The van der Waals surface area contributed by atoms with Gasteiger partial charge >= 0.3 is 0 Å². The van der Waals surface area contributed by atoms with Gasteiger partial charge in [0.05, 0.1) is 13.7 Å². The smallest absolute Gasteiger partial charge is 0.176 e. The SMILES string of the molecule is COc1ccc(C(=O)CN2CCC(C)(C)C2)cc1F. The summed E-state index contributed by atoms with van der Waals surface area (Å²) in [5.41, 5.74) is 0.675.